The molecule has 96 valence electrons. The van der Waals surface area contributed by atoms with Gasteiger partial charge in [-0.05, 0) is 38.8 Å². The molecule has 1 spiro atoms. The second kappa shape index (κ2) is 3.99. The van der Waals surface area contributed by atoms with Gasteiger partial charge < -0.3 is 4.84 Å². The molecule has 0 radical (unpaired) electrons. The van der Waals surface area contributed by atoms with E-state index in [0.29, 0.717) is 0 Å². The predicted molar refractivity (Wildman–Crippen MR) is 70.8 cm³/mol. The van der Waals surface area contributed by atoms with Crippen LogP contribution < -0.4 is 5.84 Å². The molecule has 0 saturated heterocycles. The van der Waals surface area contributed by atoms with Crippen molar-refractivity contribution in [3.8, 4) is 0 Å². The highest BCUT2D eigenvalue weighted by atomic mass is 16.7. The van der Waals surface area contributed by atoms with Crippen molar-refractivity contribution in [2.24, 2.45) is 11.0 Å². The number of nitrogens with two attached hydrogens (primary N) is 1. The third-order valence-electron chi connectivity index (χ3n) is 3.83. The first-order valence-electron chi connectivity index (χ1n) is 6.50. The summed E-state index contributed by atoms with van der Waals surface area (Å²) in [7, 11) is 0. The molecule has 1 saturated carbocycles. The molecule has 0 aromatic heterocycles. The van der Waals surface area contributed by atoms with Crippen LogP contribution in [0.1, 0.15) is 42.4 Å². The van der Waals surface area contributed by atoms with Crippen molar-refractivity contribution in [2.75, 3.05) is 0 Å². The minimum absolute atomic E-state index is 0.382. The minimum atomic E-state index is -0.382. The third kappa shape index (κ3) is 1.68. The van der Waals surface area contributed by atoms with Crippen LogP contribution in [0.5, 0.6) is 0 Å². The second-order valence-electron chi connectivity index (χ2n) is 5.41. The van der Waals surface area contributed by atoms with E-state index in [4.69, 9.17) is 10.7 Å². The van der Waals surface area contributed by atoms with Crippen LogP contribution in [0.4, 0.5) is 0 Å². The molecule has 4 heteroatoms. The number of aryl methyl sites for hydroxylation is 2. The van der Waals surface area contributed by atoms with E-state index in [1.807, 2.05) is 0 Å². The number of benzene rings is 1. The number of amidine groups is 1. The molecule has 0 amide bonds. The predicted octanol–water partition coefficient (Wildman–Crippen LogP) is 2.44. The number of nitrogens with zero attached hydrogens (tertiary/aromatic N) is 2. The second-order valence-corrected chi connectivity index (χ2v) is 5.41. The molecule has 0 bridgehead atoms. The summed E-state index contributed by atoms with van der Waals surface area (Å²) < 4.78 is 0. The van der Waals surface area contributed by atoms with E-state index in [2.05, 4.69) is 37.2 Å². The average Bonchev–Trinajstić information content (AvgIpc) is 2.89. The van der Waals surface area contributed by atoms with Gasteiger partial charge in [-0.15, -0.1) is 0 Å². The first kappa shape index (κ1) is 11.5. The maximum atomic E-state index is 6.23. The minimum Gasteiger partial charge on any atom is -0.364 e. The number of rotatable bonds is 1. The van der Waals surface area contributed by atoms with Crippen molar-refractivity contribution < 1.29 is 4.84 Å². The first-order chi connectivity index (χ1) is 8.61. The van der Waals surface area contributed by atoms with Crippen LogP contribution in [-0.4, -0.2) is 16.6 Å². The molecule has 2 N–H and O–H groups in total. The Morgan fingerprint density at radius 2 is 1.78 bits per heavy atom. The van der Waals surface area contributed by atoms with Gasteiger partial charge in [-0.25, -0.2) is 10.9 Å². The van der Waals surface area contributed by atoms with E-state index in [1.165, 1.54) is 11.1 Å². The van der Waals surface area contributed by atoms with Gasteiger partial charge in [-0.2, -0.15) is 0 Å². The third-order valence-corrected chi connectivity index (χ3v) is 3.83. The average molecular weight is 245 g/mol. The van der Waals surface area contributed by atoms with Crippen molar-refractivity contribution >= 4 is 5.84 Å². The molecule has 3 rings (SSSR count). The SMILES string of the molecule is Cc1cc(C)cc(C2=NOC3(CCCC3)N2N)c1. The van der Waals surface area contributed by atoms with Crippen LogP contribution in [0.25, 0.3) is 0 Å². The highest BCUT2D eigenvalue weighted by molar-refractivity contribution is 5.99. The molecule has 1 aromatic rings. The Labute approximate surface area is 107 Å². The van der Waals surface area contributed by atoms with Crippen LogP contribution in [0.2, 0.25) is 0 Å². The van der Waals surface area contributed by atoms with Crippen molar-refractivity contribution in [1.29, 1.82) is 0 Å². The maximum absolute atomic E-state index is 6.23. The van der Waals surface area contributed by atoms with Gasteiger partial charge in [0, 0.05) is 18.4 Å². The van der Waals surface area contributed by atoms with Gasteiger partial charge in [-0.1, -0.05) is 22.3 Å². The molecule has 1 fully saturated rings. The molecule has 4 nitrogen and oxygen atoms in total. The Balaban J connectivity index is 1.94. The smallest absolute Gasteiger partial charge is 0.224 e. The van der Waals surface area contributed by atoms with E-state index in [9.17, 15) is 0 Å². The zero-order valence-electron chi connectivity index (χ0n) is 10.9. The molecular weight excluding hydrogens is 226 g/mol. The molecule has 0 unspecified atom stereocenters. The lowest BCUT2D eigenvalue weighted by atomic mass is 10.1. The first-order valence-corrected chi connectivity index (χ1v) is 6.50. The van der Waals surface area contributed by atoms with Crippen molar-refractivity contribution in [1.82, 2.24) is 5.01 Å². The molecule has 1 aliphatic heterocycles. The Kier molecular flexibility index (Phi) is 2.55. The highest BCUT2D eigenvalue weighted by Gasteiger charge is 2.47. The standard InChI is InChI=1S/C14H19N3O/c1-10-7-11(2)9-12(8-10)13-16-18-14(17(13)15)5-3-4-6-14/h7-9H,3-6,15H2,1-2H3. The van der Waals surface area contributed by atoms with E-state index in [0.717, 1.165) is 37.1 Å². The van der Waals surface area contributed by atoms with Crippen LogP contribution in [0.3, 0.4) is 0 Å². The largest absolute Gasteiger partial charge is 0.364 e. The number of hydrazine groups is 1. The summed E-state index contributed by atoms with van der Waals surface area (Å²) in [5.41, 5.74) is 3.09. The summed E-state index contributed by atoms with van der Waals surface area (Å²) in [5.74, 6) is 6.98. The maximum Gasteiger partial charge on any atom is 0.224 e. The van der Waals surface area contributed by atoms with Crippen LogP contribution >= 0.6 is 0 Å². The fourth-order valence-corrected chi connectivity index (χ4v) is 2.96. The van der Waals surface area contributed by atoms with Gasteiger partial charge in [0.1, 0.15) is 0 Å². The molecule has 1 aromatic carbocycles. The van der Waals surface area contributed by atoms with Crippen LogP contribution in [0, 0.1) is 13.8 Å². The normalized spacial score (nSPS) is 21.3. The highest BCUT2D eigenvalue weighted by Crippen LogP contribution is 2.39. The van der Waals surface area contributed by atoms with E-state index < -0.39 is 0 Å². The van der Waals surface area contributed by atoms with Gasteiger partial charge in [-0.3, -0.25) is 0 Å². The molecule has 1 heterocycles. The van der Waals surface area contributed by atoms with Crippen molar-refractivity contribution in [3.05, 3.63) is 34.9 Å². The Morgan fingerprint density at radius 1 is 1.17 bits per heavy atom. The number of hydrogen-bond donors (Lipinski definition) is 1. The van der Waals surface area contributed by atoms with Gasteiger partial charge in [0.15, 0.2) is 5.84 Å². The fraction of sp³-hybridized carbons (Fsp3) is 0.500. The van der Waals surface area contributed by atoms with Crippen molar-refractivity contribution in [3.63, 3.8) is 0 Å². The summed E-state index contributed by atoms with van der Waals surface area (Å²) in [6.07, 6.45) is 4.23. The molecule has 18 heavy (non-hydrogen) atoms. The van der Waals surface area contributed by atoms with E-state index >= 15 is 0 Å². The van der Waals surface area contributed by atoms with Gasteiger partial charge >= 0.3 is 0 Å². The monoisotopic (exact) mass is 245 g/mol. The summed E-state index contributed by atoms with van der Waals surface area (Å²) in [4.78, 5) is 5.65. The quantitative estimate of drug-likeness (QED) is 0.773. The summed E-state index contributed by atoms with van der Waals surface area (Å²) >= 11 is 0. The van der Waals surface area contributed by atoms with Crippen LogP contribution in [0.15, 0.2) is 23.4 Å². The summed E-state index contributed by atoms with van der Waals surface area (Å²) in [6, 6.07) is 6.35. The van der Waals surface area contributed by atoms with Crippen LogP contribution in [-0.2, 0) is 4.84 Å². The lowest BCUT2D eigenvalue weighted by Gasteiger charge is -2.29. The van der Waals surface area contributed by atoms with Gasteiger partial charge in [0.25, 0.3) is 0 Å². The Hall–Kier alpha value is -1.55. The summed E-state index contributed by atoms with van der Waals surface area (Å²) in [6.45, 7) is 4.16. The topological polar surface area (TPSA) is 50.8 Å². The molecular formula is C14H19N3O. The zero-order chi connectivity index (χ0) is 12.8. The fourth-order valence-electron chi connectivity index (χ4n) is 2.96. The number of hydrogen-bond acceptors (Lipinski definition) is 4. The molecule has 2 aliphatic rings. The Bertz CT molecular complexity index is 484. The van der Waals surface area contributed by atoms with E-state index in [-0.39, 0.29) is 5.72 Å². The van der Waals surface area contributed by atoms with Crippen molar-refractivity contribution in [2.45, 2.75) is 45.3 Å². The zero-order valence-corrected chi connectivity index (χ0v) is 10.9. The van der Waals surface area contributed by atoms with Gasteiger partial charge in [0.05, 0.1) is 0 Å². The molecule has 1 aliphatic carbocycles. The molecule has 0 atom stereocenters. The lowest BCUT2D eigenvalue weighted by Crippen LogP contribution is -2.51. The Morgan fingerprint density at radius 3 is 2.39 bits per heavy atom. The summed E-state index contributed by atoms with van der Waals surface area (Å²) in [5, 5.41) is 5.95. The van der Waals surface area contributed by atoms with Gasteiger partial charge in [0.2, 0.25) is 5.72 Å². The number of oxime groups is 1. The lowest BCUT2D eigenvalue weighted by molar-refractivity contribution is -0.0936. The van der Waals surface area contributed by atoms with E-state index in [1.54, 1.807) is 5.01 Å².